The van der Waals surface area contributed by atoms with Gasteiger partial charge in [-0.15, -0.1) is 0 Å². The Bertz CT molecular complexity index is 1250. The van der Waals surface area contributed by atoms with Crippen LogP contribution in [0.1, 0.15) is 37.8 Å². The first kappa shape index (κ1) is 18.2. The number of fused-ring (bicyclic) bond motifs is 2. The average Bonchev–Trinajstić information content (AvgIpc) is 3.32. The van der Waals surface area contributed by atoms with Gasteiger partial charge in [-0.1, -0.05) is 41.9 Å². The van der Waals surface area contributed by atoms with Gasteiger partial charge in [0.2, 0.25) is 0 Å². The number of hydrogen-bond acceptors (Lipinski definition) is 5. The molecular weight excluding hydrogens is 402 g/mol. The van der Waals surface area contributed by atoms with Gasteiger partial charge in [-0.3, -0.25) is 19.6 Å². The molecular formula is C22H14ClN5O2. The lowest BCUT2D eigenvalue weighted by Gasteiger charge is -2.28. The van der Waals surface area contributed by atoms with Crippen molar-refractivity contribution in [3.63, 3.8) is 0 Å². The van der Waals surface area contributed by atoms with Gasteiger partial charge < -0.3 is 5.32 Å². The molecule has 0 saturated heterocycles. The molecule has 5 rings (SSSR count). The Morgan fingerprint density at radius 2 is 1.70 bits per heavy atom. The Morgan fingerprint density at radius 3 is 2.37 bits per heavy atom. The molecule has 0 spiro atoms. The highest BCUT2D eigenvalue weighted by atomic mass is 35.5. The smallest absolute Gasteiger partial charge is 0.261 e. The van der Waals surface area contributed by atoms with E-state index in [2.05, 4.69) is 21.6 Å². The lowest BCUT2D eigenvalue weighted by Crippen LogP contribution is -2.35. The van der Waals surface area contributed by atoms with Gasteiger partial charge in [-0.05, 0) is 23.8 Å². The Hall–Kier alpha value is -3.89. The standard InChI is InChI=1S/C22H14ClN5O2/c23-17-8-4-3-7-14(17)19-15(9-24)18(26-20-16(19)10-25-27-20)11-28-21(29)12-5-1-2-6-13(12)22(28)30/h1-8,10,19H,11H2,(H2,25,26,27). The van der Waals surface area contributed by atoms with Crippen molar-refractivity contribution in [2.45, 2.75) is 5.92 Å². The second kappa shape index (κ2) is 6.87. The first-order chi connectivity index (χ1) is 14.6. The van der Waals surface area contributed by atoms with E-state index in [0.29, 0.717) is 33.2 Å². The Labute approximate surface area is 176 Å². The van der Waals surface area contributed by atoms with E-state index >= 15 is 0 Å². The number of imide groups is 1. The molecule has 2 N–H and O–H groups in total. The number of H-pyrrole nitrogens is 1. The lowest BCUT2D eigenvalue weighted by molar-refractivity contribution is 0.0668. The number of carbonyl (C=O) groups is 2. The summed E-state index contributed by atoms with van der Waals surface area (Å²) < 4.78 is 0. The summed E-state index contributed by atoms with van der Waals surface area (Å²) in [5.41, 5.74) is 3.08. The van der Waals surface area contributed by atoms with E-state index < -0.39 is 5.92 Å². The summed E-state index contributed by atoms with van der Waals surface area (Å²) in [5.74, 6) is -0.631. The zero-order chi connectivity index (χ0) is 20.8. The minimum Gasteiger partial charge on any atom is -0.341 e. The molecule has 30 heavy (non-hydrogen) atoms. The molecule has 8 heteroatoms. The highest BCUT2D eigenvalue weighted by molar-refractivity contribution is 6.31. The van der Waals surface area contributed by atoms with Crippen LogP contribution >= 0.6 is 11.6 Å². The van der Waals surface area contributed by atoms with E-state index in [1.165, 1.54) is 0 Å². The molecule has 0 saturated carbocycles. The van der Waals surface area contributed by atoms with Crippen LogP contribution in [0.2, 0.25) is 5.02 Å². The van der Waals surface area contributed by atoms with Gasteiger partial charge in [0.25, 0.3) is 11.8 Å². The molecule has 1 atom stereocenters. The van der Waals surface area contributed by atoms with Gasteiger partial charge in [-0.25, -0.2) is 0 Å². The topological polar surface area (TPSA) is 102 Å². The summed E-state index contributed by atoms with van der Waals surface area (Å²) in [7, 11) is 0. The third kappa shape index (κ3) is 2.62. The summed E-state index contributed by atoms with van der Waals surface area (Å²) in [6.07, 6.45) is 1.65. The first-order valence-electron chi connectivity index (χ1n) is 9.23. The molecule has 0 fully saturated rings. The highest BCUT2D eigenvalue weighted by Gasteiger charge is 2.38. The number of amides is 2. The molecule has 1 aromatic heterocycles. The van der Waals surface area contributed by atoms with Crippen molar-refractivity contribution in [3.8, 4) is 6.07 Å². The van der Waals surface area contributed by atoms with Crippen molar-refractivity contribution >= 4 is 29.2 Å². The van der Waals surface area contributed by atoms with Crippen LogP contribution < -0.4 is 5.32 Å². The maximum Gasteiger partial charge on any atom is 0.261 e. The number of nitrogens with zero attached hydrogens (tertiary/aromatic N) is 3. The van der Waals surface area contributed by atoms with Crippen molar-refractivity contribution < 1.29 is 9.59 Å². The maximum atomic E-state index is 12.8. The van der Waals surface area contributed by atoms with Gasteiger partial charge in [0.05, 0.1) is 47.1 Å². The summed E-state index contributed by atoms with van der Waals surface area (Å²) >= 11 is 6.44. The van der Waals surface area contributed by atoms with Crippen LogP contribution in [0.25, 0.3) is 0 Å². The molecule has 0 radical (unpaired) electrons. The van der Waals surface area contributed by atoms with E-state index in [9.17, 15) is 14.9 Å². The SMILES string of the molecule is N#CC1=C(CN2C(=O)c3ccccc3C2=O)Nc2[nH]ncc2C1c1ccccc1Cl. The van der Waals surface area contributed by atoms with Crippen LogP contribution in [0.5, 0.6) is 0 Å². The molecule has 2 amide bonds. The average molecular weight is 416 g/mol. The van der Waals surface area contributed by atoms with Crippen LogP contribution in [-0.2, 0) is 0 Å². The van der Waals surface area contributed by atoms with Crippen molar-refractivity contribution in [3.05, 3.63) is 93.3 Å². The van der Waals surface area contributed by atoms with Crippen molar-refractivity contribution in [2.75, 3.05) is 11.9 Å². The van der Waals surface area contributed by atoms with Crippen molar-refractivity contribution in [1.29, 1.82) is 5.26 Å². The molecule has 146 valence electrons. The number of anilines is 1. The van der Waals surface area contributed by atoms with E-state index in [1.807, 2.05) is 18.2 Å². The normalized spacial score (nSPS) is 17.5. The fourth-order valence-corrected chi connectivity index (χ4v) is 4.24. The molecule has 0 bridgehead atoms. The Morgan fingerprint density at radius 1 is 1.03 bits per heavy atom. The molecule has 7 nitrogen and oxygen atoms in total. The van der Waals surface area contributed by atoms with Crippen LogP contribution in [-0.4, -0.2) is 33.5 Å². The maximum absolute atomic E-state index is 12.8. The van der Waals surface area contributed by atoms with Gasteiger partial charge in [-0.2, -0.15) is 10.4 Å². The molecule has 2 aliphatic rings. The summed E-state index contributed by atoms with van der Waals surface area (Å²) in [5, 5.41) is 20.6. The van der Waals surface area contributed by atoms with E-state index in [1.54, 1.807) is 36.5 Å². The summed E-state index contributed by atoms with van der Waals surface area (Å²) in [4.78, 5) is 26.8. The fourth-order valence-electron chi connectivity index (χ4n) is 3.99. The Balaban J connectivity index is 1.60. The van der Waals surface area contributed by atoms with Crippen LogP contribution in [0, 0.1) is 11.3 Å². The third-order valence-corrected chi connectivity index (χ3v) is 5.74. The first-order valence-corrected chi connectivity index (χ1v) is 9.61. The fraction of sp³-hybridized carbons (Fsp3) is 0.0909. The zero-order valence-electron chi connectivity index (χ0n) is 15.5. The van der Waals surface area contributed by atoms with Crippen molar-refractivity contribution in [2.24, 2.45) is 0 Å². The molecule has 3 heterocycles. The van der Waals surface area contributed by atoms with Crippen molar-refractivity contribution in [1.82, 2.24) is 15.1 Å². The largest absolute Gasteiger partial charge is 0.341 e. The second-order valence-corrected chi connectivity index (χ2v) is 7.43. The number of hydrogen-bond donors (Lipinski definition) is 2. The minimum atomic E-state index is -0.469. The summed E-state index contributed by atoms with van der Waals surface area (Å²) in [6.45, 7) is -0.0609. The number of aromatic nitrogens is 2. The molecule has 3 aromatic rings. The number of nitriles is 1. The highest BCUT2D eigenvalue weighted by Crippen LogP contribution is 2.43. The van der Waals surface area contributed by atoms with E-state index in [4.69, 9.17) is 11.6 Å². The minimum absolute atomic E-state index is 0.0609. The van der Waals surface area contributed by atoms with Gasteiger partial charge >= 0.3 is 0 Å². The predicted octanol–water partition coefficient (Wildman–Crippen LogP) is 3.69. The van der Waals surface area contributed by atoms with Gasteiger partial charge in [0.1, 0.15) is 5.82 Å². The van der Waals surface area contributed by atoms with E-state index in [-0.39, 0.29) is 18.4 Å². The number of benzene rings is 2. The van der Waals surface area contributed by atoms with E-state index in [0.717, 1.165) is 16.0 Å². The van der Waals surface area contributed by atoms with Gasteiger partial charge in [0.15, 0.2) is 0 Å². The van der Waals surface area contributed by atoms with Gasteiger partial charge in [0, 0.05) is 10.6 Å². The lowest BCUT2D eigenvalue weighted by atomic mass is 9.83. The number of allylic oxidation sites excluding steroid dienone is 1. The Kier molecular flexibility index (Phi) is 4.16. The van der Waals surface area contributed by atoms with Crippen LogP contribution in [0.3, 0.4) is 0 Å². The number of carbonyl (C=O) groups excluding carboxylic acids is 2. The number of nitrogens with one attached hydrogen (secondary N) is 2. The molecule has 1 unspecified atom stereocenters. The molecule has 2 aromatic carbocycles. The monoisotopic (exact) mass is 415 g/mol. The summed E-state index contributed by atoms with van der Waals surface area (Å²) in [6, 6.07) is 16.2. The number of rotatable bonds is 3. The predicted molar refractivity (Wildman–Crippen MR) is 110 cm³/mol. The number of aromatic amines is 1. The van der Waals surface area contributed by atoms with Crippen LogP contribution in [0.4, 0.5) is 5.82 Å². The molecule has 0 aliphatic carbocycles. The third-order valence-electron chi connectivity index (χ3n) is 5.40. The molecule has 2 aliphatic heterocycles. The second-order valence-electron chi connectivity index (χ2n) is 7.03. The number of halogens is 1. The quantitative estimate of drug-likeness (QED) is 0.635. The van der Waals surface area contributed by atoms with Crippen LogP contribution in [0.15, 0.2) is 66.0 Å². The zero-order valence-corrected chi connectivity index (χ0v) is 16.3.